The number of likely N-dealkylation sites (tertiary alicyclic amines) is 1. The van der Waals surface area contributed by atoms with Crippen LogP contribution in [0.2, 0.25) is 0 Å². The fraction of sp³-hybridized carbons (Fsp3) is 0.577. The molecule has 1 saturated heterocycles. The van der Waals surface area contributed by atoms with E-state index in [0.29, 0.717) is 18.8 Å². The number of benzene rings is 1. The molecule has 1 aliphatic rings. The second kappa shape index (κ2) is 12.0. The smallest absolute Gasteiger partial charge is 0.310 e. The summed E-state index contributed by atoms with van der Waals surface area (Å²) in [6.45, 7) is 6.91. The maximum Gasteiger partial charge on any atom is 0.310 e. The number of aryl methyl sites for hydroxylation is 1. The number of unbranched alkanes of at least 4 members (excludes halogenated alkanes) is 1. The van der Waals surface area contributed by atoms with E-state index in [-0.39, 0.29) is 5.95 Å². The zero-order chi connectivity index (χ0) is 24.7. The van der Waals surface area contributed by atoms with E-state index in [1.807, 2.05) is 25.1 Å². The molecule has 1 aromatic carbocycles. The second-order valence-corrected chi connectivity index (χ2v) is 9.40. The minimum Gasteiger partial charge on any atom is -0.496 e. The number of carboxylic acid groups (broad SMARTS) is 1. The number of hydrogen-bond donors (Lipinski definition) is 3. The summed E-state index contributed by atoms with van der Waals surface area (Å²) in [5.41, 5.74) is 9.41. The molecule has 3 rings (SSSR count). The SMILES string of the molecule is CCCCNc1nc(N)nc(C)c1Cc1cc(C(CC2CCN(C)CC2)C(=O)O)ccc1OC. The van der Waals surface area contributed by atoms with Crippen molar-refractivity contribution in [3.63, 3.8) is 0 Å². The fourth-order valence-electron chi connectivity index (χ4n) is 4.71. The molecule has 2 heterocycles. The predicted molar refractivity (Wildman–Crippen MR) is 136 cm³/mol. The van der Waals surface area contributed by atoms with Crippen molar-refractivity contribution in [1.82, 2.24) is 14.9 Å². The molecular weight excluding hydrogens is 430 g/mol. The van der Waals surface area contributed by atoms with E-state index in [1.54, 1.807) is 7.11 Å². The zero-order valence-electron chi connectivity index (χ0n) is 20.9. The number of ether oxygens (including phenoxy) is 1. The van der Waals surface area contributed by atoms with E-state index >= 15 is 0 Å². The lowest BCUT2D eigenvalue weighted by Gasteiger charge is -2.30. The van der Waals surface area contributed by atoms with Gasteiger partial charge in [-0.3, -0.25) is 4.79 Å². The molecule has 2 aromatic rings. The molecule has 1 unspecified atom stereocenters. The zero-order valence-corrected chi connectivity index (χ0v) is 20.9. The number of carboxylic acids is 1. The Balaban J connectivity index is 1.90. The molecule has 0 bridgehead atoms. The molecular formula is C26H39N5O3. The minimum atomic E-state index is -0.774. The fourth-order valence-corrected chi connectivity index (χ4v) is 4.71. The lowest BCUT2D eigenvalue weighted by atomic mass is 9.83. The molecule has 8 heteroatoms. The maximum absolute atomic E-state index is 12.3. The van der Waals surface area contributed by atoms with Gasteiger partial charge < -0.3 is 25.8 Å². The Hall–Kier alpha value is -2.87. The summed E-state index contributed by atoms with van der Waals surface area (Å²) >= 11 is 0. The van der Waals surface area contributed by atoms with Crippen LogP contribution in [-0.4, -0.2) is 59.7 Å². The average Bonchev–Trinajstić information content (AvgIpc) is 2.80. The quantitative estimate of drug-likeness (QED) is 0.422. The van der Waals surface area contributed by atoms with E-state index in [9.17, 15) is 9.90 Å². The molecule has 186 valence electrons. The number of nitrogens with one attached hydrogen (secondary N) is 1. The molecule has 1 atom stereocenters. The number of rotatable bonds is 11. The van der Waals surface area contributed by atoms with Crippen LogP contribution >= 0.6 is 0 Å². The van der Waals surface area contributed by atoms with Gasteiger partial charge in [0.15, 0.2) is 0 Å². The van der Waals surface area contributed by atoms with E-state index in [1.165, 1.54) is 0 Å². The van der Waals surface area contributed by atoms with E-state index in [0.717, 1.165) is 79.3 Å². The molecule has 0 radical (unpaired) electrons. The van der Waals surface area contributed by atoms with Crippen LogP contribution in [0.25, 0.3) is 0 Å². The van der Waals surface area contributed by atoms with Gasteiger partial charge in [-0.1, -0.05) is 25.5 Å². The Labute approximate surface area is 202 Å². The highest BCUT2D eigenvalue weighted by Gasteiger charge is 2.27. The first-order chi connectivity index (χ1) is 16.3. The van der Waals surface area contributed by atoms with Gasteiger partial charge in [-0.15, -0.1) is 0 Å². The summed E-state index contributed by atoms with van der Waals surface area (Å²) in [6.07, 6.45) is 5.36. The molecule has 34 heavy (non-hydrogen) atoms. The van der Waals surface area contributed by atoms with Crippen LogP contribution in [0.4, 0.5) is 11.8 Å². The predicted octanol–water partition coefficient (Wildman–Crippen LogP) is 4.08. The number of methoxy groups -OCH3 is 1. The summed E-state index contributed by atoms with van der Waals surface area (Å²) in [4.78, 5) is 23.4. The first kappa shape index (κ1) is 25.7. The van der Waals surface area contributed by atoms with Gasteiger partial charge in [0, 0.05) is 24.2 Å². The Kier molecular flexibility index (Phi) is 9.10. The van der Waals surface area contributed by atoms with Crippen LogP contribution in [0.1, 0.15) is 67.3 Å². The van der Waals surface area contributed by atoms with Crippen molar-refractivity contribution in [3.05, 3.63) is 40.6 Å². The summed E-state index contributed by atoms with van der Waals surface area (Å²) in [7, 11) is 3.76. The molecule has 0 amide bonds. The van der Waals surface area contributed by atoms with Gasteiger partial charge in [-0.05, 0) is 75.9 Å². The Morgan fingerprint density at radius 2 is 2.06 bits per heavy atom. The molecule has 0 spiro atoms. The molecule has 1 aliphatic heterocycles. The molecule has 1 fully saturated rings. The van der Waals surface area contributed by atoms with Crippen LogP contribution in [0.5, 0.6) is 5.75 Å². The van der Waals surface area contributed by atoms with Gasteiger partial charge in [0.2, 0.25) is 5.95 Å². The number of carbonyl (C=O) groups is 1. The lowest BCUT2D eigenvalue weighted by Crippen LogP contribution is -2.31. The van der Waals surface area contributed by atoms with E-state index < -0.39 is 11.9 Å². The highest BCUT2D eigenvalue weighted by Crippen LogP contribution is 2.34. The van der Waals surface area contributed by atoms with Crippen LogP contribution < -0.4 is 15.8 Å². The second-order valence-electron chi connectivity index (χ2n) is 9.40. The number of aromatic nitrogens is 2. The topological polar surface area (TPSA) is 114 Å². The van der Waals surface area contributed by atoms with Crippen LogP contribution in [0.15, 0.2) is 18.2 Å². The van der Waals surface area contributed by atoms with E-state index in [4.69, 9.17) is 10.5 Å². The largest absolute Gasteiger partial charge is 0.496 e. The third kappa shape index (κ3) is 6.59. The normalized spacial score (nSPS) is 15.8. The van der Waals surface area contributed by atoms with Crippen molar-refractivity contribution in [2.24, 2.45) is 5.92 Å². The Bertz CT molecular complexity index is 973. The minimum absolute atomic E-state index is 0.241. The summed E-state index contributed by atoms with van der Waals surface area (Å²) < 4.78 is 5.64. The monoisotopic (exact) mass is 469 g/mol. The highest BCUT2D eigenvalue weighted by atomic mass is 16.5. The number of nitrogens with zero attached hydrogens (tertiary/aromatic N) is 3. The number of hydrogen-bond acceptors (Lipinski definition) is 7. The third-order valence-electron chi connectivity index (χ3n) is 6.83. The van der Waals surface area contributed by atoms with Crippen LogP contribution in [-0.2, 0) is 11.2 Å². The number of anilines is 2. The van der Waals surface area contributed by atoms with Crippen molar-refractivity contribution in [2.75, 3.05) is 44.8 Å². The van der Waals surface area contributed by atoms with Gasteiger partial charge in [0.25, 0.3) is 0 Å². The van der Waals surface area contributed by atoms with Crippen molar-refractivity contribution in [1.29, 1.82) is 0 Å². The van der Waals surface area contributed by atoms with Gasteiger partial charge in [0.05, 0.1) is 13.0 Å². The van der Waals surface area contributed by atoms with Gasteiger partial charge in [-0.25, -0.2) is 4.98 Å². The van der Waals surface area contributed by atoms with Crippen LogP contribution in [0, 0.1) is 12.8 Å². The van der Waals surface area contributed by atoms with Gasteiger partial charge >= 0.3 is 5.97 Å². The number of aliphatic carboxylic acids is 1. The Morgan fingerprint density at radius 3 is 2.71 bits per heavy atom. The van der Waals surface area contributed by atoms with Crippen molar-refractivity contribution >= 4 is 17.7 Å². The van der Waals surface area contributed by atoms with Gasteiger partial charge in [0.1, 0.15) is 11.6 Å². The summed E-state index contributed by atoms with van der Waals surface area (Å²) in [6, 6.07) is 5.76. The molecule has 0 saturated carbocycles. The molecule has 0 aliphatic carbocycles. The molecule has 8 nitrogen and oxygen atoms in total. The lowest BCUT2D eigenvalue weighted by molar-refractivity contribution is -0.139. The first-order valence-electron chi connectivity index (χ1n) is 12.3. The number of nitrogen functional groups attached to an aromatic ring is 1. The van der Waals surface area contributed by atoms with Crippen LogP contribution in [0.3, 0.4) is 0 Å². The van der Waals surface area contributed by atoms with Crippen molar-refractivity contribution < 1.29 is 14.6 Å². The Morgan fingerprint density at radius 1 is 1.32 bits per heavy atom. The molecule has 1 aromatic heterocycles. The van der Waals surface area contributed by atoms with Crippen molar-refractivity contribution in [2.45, 2.75) is 58.3 Å². The summed E-state index contributed by atoms with van der Waals surface area (Å²) in [5, 5.41) is 13.5. The van der Waals surface area contributed by atoms with E-state index in [2.05, 4.69) is 34.2 Å². The van der Waals surface area contributed by atoms with Gasteiger partial charge in [-0.2, -0.15) is 4.98 Å². The number of nitrogens with two attached hydrogens (primary N) is 1. The third-order valence-corrected chi connectivity index (χ3v) is 6.83. The van der Waals surface area contributed by atoms with Crippen molar-refractivity contribution in [3.8, 4) is 5.75 Å². The molecule has 4 N–H and O–H groups in total. The average molecular weight is 470 g/mol. The maximum atomic E-state index is 12.3. The highest BCUT2D eigenvalue weighted by molar-refractivity contribution is 5.76. The standard InChI is InChI=1S/C26H39N5O3/c1-5-6-11-28-24-21(17(2)29-26(27)30-24)16-20-15-19(7-8-23(20)34-4)22(25(32)33)14-18-9-12-31(3)13-10-18/h7-8,15,18,22H,5-6,9-14,16H2,1-4H3,(H,32,33)(H3,27,28,29,30). The summed E-state index contributed by atoms with van der Waals surface area (Å²) in [5.74, 6) is 0.804. The number of piperidine rings is 1. The first-order valence-corrected chi connectivity index (χ1v) is 12.3.